The van der Waals surface area contributed by atoms with Crippen LogP contribution in [0.2, 0.25) is 200 Å². The lowest BCUT2D eigenvalue weighted by Crippen LogP contribution is -2.48. The minimum Gasteiger partial charge on any atom is -0.146 e. The van der Waals surface area contributed by atoms with Gasteiger partial charge in [0.25, 0.3) is 0 Å². The molecule has 0 rings (SSSR count). The Morgan fingerprint density at radius 1 is 0.118 bits per heavy atom. The molecular weight excluding hydrogens is 2110 g/mol. The van der Waals surface area contributed by atoms with E-state index in [1.54, 1.807) is 0 Å². The first-order valence-corrected chi connectivity index (χ1v) is 103. The Bertz CT molecular complexity index is 1450. The summed E-state index contributed by atoms with van der Waals surface area (Å²) in [5, 5.41) is 0. The predicted octanol–water partition coefficient (Wildman–Crippen LogP) is 33.0. The van der Waals surface area contributed by atoms with Crippen LogP contribution in [0.15, 0.2) is 0 Å². The highest BCUT2D eigenvalue weighted by molar-refractivity contribution is 7.69. The van der Waals surface area contributed by atoms with Crippen LogP contribution in [0.4, 0.5) is 0 Å². The van der Waals surface area contributed by atoms with Crippen molar-refractivity contribution in [2.24, 2.45) is 0 Å². The van der Waals surface area contributed by atoms with E-state index in [9.17, 15) is 0 Å². The average Bonchev–Trinajstić information content (AvgIpc) is 3.50. The molecule has 0 aromatic heterocycles. The molecule has 0 saturated heterocycles. The Hall–Kier alpha value is 13.8. The molecule has 85 heavy (non-hydrogen) atoms. The molecule has 0 aromatic carbocycles. The molecule has 0 aliphatic rings. The van der Waals surface area contributed by atoms with Crippen LogP contribution in [-0.4, -0.2) is 113 Å². The maximum absolute atomic E-state index is 7.05. The molecule has 0 bridgehead atoms. The summed E-state index contributed by atoms with van der Waals surface area (Å²) in [6.07, 6.45) is 0. The standard InChI is InChI=1S/C33H67Cl35Si17/c1-69(34,35)2-3-70(12-23-75(36,37)38,13-24-76(39,40)41)4-5-71(6-9-72(14-25-77(42,43)44,15-26-78(45,46)47)16-27-79(48,49)50,7-10-73(17-28-80(51,52)53,18-29-81(54,55)56)19-30-82(57,58)59)8-11-74(20-31-83(60,61)62,21-32-84(63,64)65)22-33-85(66,67)68/h2-33H2,1H3. The molecule has 0 aliphatic heterocycles. The molecule has 0 fully saturated rings. The number of hydrogen-bond donors (Lipinski definition) is 0. The van der Waals surface area contributed by atoms with Crippen molar-refractivity contribution in [3.63, 3.8) is 0 Å². The van der Waals surface area contributed by atoms with Gasteiger partial charge in [-0.05, 0) is 79.1 Å². The fourth-order valence-electron chi connectivity index (χ4n) is 10.8. The first-order chi connectivity index (χ1) is 37.3. The molecule has 0 spiro atoms. The number of rotatable bonds is 48. The third-order valence-electron chi connectivity index (χ3n) is 16.2. The van der Waals surface area contributed by atoms with E-state index in [4.69, 9.17) is 388 Å². The highest BCUT2D eigenvalue weighted by Gasteiger charge is 2.51. The summed E-state index contributed by atoms with van der Waals surface area (Å²) < 4.78 is 0. The summed E-state index contributed by atoms with van der Waals surface area (Å²) in [5.41, 5.74) is 0. The quantitative estimate of drug-likeness (QED) is 0.0421. The first kappa shape index (κ1) is 98.8. The van der Waals surface area contributed by atoms with Gasteiger partial charge in [0.15, 0.2) is 0 Å². The van der Waals surface area contributed by atoms with Crippen LogP contribution in [0.1, 0.15) is 0 Å². The van der Waals surface area contributed by atoms with Crippen molar-refractivity contribution in [1.29, 1.82) is 0 Å². The molecule has 0 unspecified atom stereocenters. The second-order valence-corrected chi connectivity index (χ2v) is 159. The molecular formula is C33H67Cl35Si17. The summed E-state index contributed by atoms with van der Waals surface area (Å²) >= 11 is 239. The van der Waals surface area contributed by atoms with Gasteiger partial charge in [0, 0.05) is 0 Å². The van der Waals surface area contributed by atoms with E-state index in [0.29, 0.717) is 163 Å². The molecule has 0 saturated carbocycles. The largest absolute Gasteiger partial charge is 0.341 e. The van der Waals surface area contributed by atoms with Crippen molar-refractivity contribution in [3.8, 4) is 0 Å². The molecule has 0 atom stereocenters. The normalized spacial score (nSPS) is 15.4. The zero-order chi connectivity index (χ0) is 67.1. The van der Waals surface area contributed by atoms with Gasteiger partial charge in [-0.25, -0.2) is 0 Å². The van der Waals surface area contributed by atoms with Crippen molar-refractivity contribution in [1.82, 2.24) is 0 Å². The minimum atomic E-state index is -3.28. The second kappa shape index (κ2) is 42.0. The van der Waals surface area contributed by atoms with Gasteiger partial charge < -0.3 is 0 Å². The number of hydrogen-bond acceptors (Lipinski definition) is 0. The van der Waals surface area contributed by atoms with E-state index in [1.807, 2.05) is 6.55 Å². The number of halogens is 35. The van der Waals surface area contributed by atoms with Crippen LogP contribution < -0.4 is 0 Å². The summed E-state index contributed by atoms with van der Waals surface area (Å²) in [7, 11) is -14.2. The van der Waals surface area contributed by atoms with Gasteiger partial charge in [0.05, 0.1) is 40.4 Å². The Morgan fingerprint density at radius 2 is 0.188 bits per heavy atom. The van der Waals surface area contributed by atoms with Gasteiger partial charge in [-0.2, -0.15) is 0 Å². The lowest BCUT2D eigenvalue weighted by atomic mass is 10.8. The van der Waals surface area contributed by atoms with E-state index in [1.165, 1.54) is 0 Å². The Kier molecular flexibility index (Phi) is 48.8. The fraction of sp³-hybridized carbons (Fsp3) is 1.00. The molecule has 0 heterocycles. The fourth-order valence-corrected chi connectivity index (χ4v) is 105. The van der Waals surface area contributed by atoms with E-state index < -0.39 is 113 Å². The van der Waals surface area contributed by atoms with E-state index in [-0.39, 0.29) is 0 Å². The Morgan fingerprint density at radius 3 is 0.259 bits per heavy atom. The smallest absolute Gasteiger partial charge is 0.146 e. The van der Waals surface area contributed by atoms with Gasteiger partial charge in [-0.15, -0.1) is 388 Å². The zero-order valence-corrected chi connectivity index (χ0v) is 88.8. The summed E-state index contributed by atoms with van der Waals surface area (Å²) in [6.45, 7) is -0.860. The molecule has 0 aliphatic carbocycles. The molecule has 0 nitrogen and oxygen atoms in total. The summed E-state index contributed by atoms with van der Waals surface area (Å²) in [6, 6.07) is -18.5. The lowest BCUT2D eigenvalue weighted by molar-refractivity contribution is 0.990. The van der Waals surface area contributed by atoms with Crippen molar-refractivity contribution in [2.45, 2.75) is 200 Å². The summed E-state index contributed by atoms with van der Waals surface area (Å²) in [4.78, 5) is 0. The van der Waals surface area contributed by atoms with Crippen molar-refractivity contribution in [3.05, 3.63) is 0 Å². The third kappa shape index (κ3) is 56.7. The van der Waals surface area contributed by atoms with Crippen LogP contribution in [0.5, 0.6) is 0 Å². The van der Waals surface area contributed by atoms with Crippen LogP contribution in [0.25, 0.3) is 0 Å². The van der Waals surface area contributed by atoms with Crippen LogP contribution in [0, 0.1) is 0 Å². The lowest BCUT2D eigenvalue weighted by Gasteiger charge is -2.45. The van der Waals surface area contributed by atoms with Crippen LogP contribution >= 0.6 is 388 Å². The molecule has 0 aromatic rings. The molecule has 0 radical (unpaired) electrons. The van der Waals surface area contributed by atoms with E-state index >= 15 is 0 Å². The summed E-state index contributed by atoms with van der Waals surface area (Å²) in [5.74, 6) is 0. The van der Waals surface area contributed by atoms with Gasteiger partial charge in [0.2, 0.25) is 6.69 Å². The Labute approximate surface area is 688 Å². The molecule has 0 amide bonds. The maximum atomic E-state index is 7.05. The van der Waals surface area contributed by atoms with Crippen molar-refractivity contribution < 1.29 is 0 Å². The second-order valence-electron chi connectivity index (χ2n) is 23.3. The van der Waals surface area contributed by atoms with E-state index in [0.717, 1.165) is 30.2 Å². The SMILES string of the molecule is C[Si](Cl)(Cl)CC[Si](CC[Si](Cl)(Cl)Cl)(CC[Si](Cl)(Cl)Cl)CC[Si](CC[Si](CC[Si](Cl)(Cl)Cl)(CC[Si](Cl)(Cl)Cl)CC[Si](Cl)(Cl)Cl)(CC[Si](CC[Si](Cl)(Cl)Cl)(CC[Si](Cl)(Cl)Cl)CC[Si](Cl)(Cl)Cl)CC[Si](CC[Si](Cl)(Cl)Cl)(CC[Si](Cl)(Cl)Cl)CC[Si](Cl)(Cl)Cl. The van der Waals surface area contributed by atoms with Crippen molar-refractivity contribution in [2.75, 3.05) is 0 Å². The maximum Gasteiger partial charge on any atom is 0.341 e. The minimum absolute atomic E-state index is 0.343. The monoisotopic (exact) mass is 2160 g/mol. The molecule has 0 N–H and O–H groups in total. The third-order valence-corrected chi connectivity index (χ3v) is 80.3. The average molecular weight is 2180 g/mol. The molecule has 512 valence electrons. The van der Waals surface area contributed by atoms with Gasteiger partial charge in [-0.3, -0.25) is 0 Å². The Balaban J connectivity index is 9.82. The topological polar surface area (TPSA) is 0 Å². The highest BCUT2D eigenvalue weighted by Crippen LogP contribution is 2.53. The van der Waals surface area contributed by atoms with Gasteiger partial charge in [0.1, 0.15) is 0 Å². The van der Waals surface area contributed by atoms with E-state index in [2.05, 4.69) is 0 Å². The van der Waals surface area contributed by atoms with Gasteiger partial charge >= 0.3 is 66.0 Å². The molecule has 52 heteroatoms. The van der Waals surface area contributed by atoms with Crippen molar-refractivity contribution >= 4 is 501 Å². The predicted molar refractivity (Wildman–Crippen MR) is 462 cm³/mol. The van der Waals surface area contributed by atoms with Crippen LogP contribution in [-0.2, 0) is 0 Å². The first-order valence-electron chi connectivity index (χ1n) is 26.4. The van der Waals surface area contributed by atoms with Crippen LogP contribution in [0.3, 0.4) is 0 Å². The van der Waals surface area contributed by atoms with Gasteiger partial charge in [-0.1, -0.05) is 121 Å². The highest BCUT2D eigenvalue weighted by atomic mass is 35.9. The zero-order valence-electron chi connectivity index (χ0n) is 45.4.